The number of aliphatic hydroxyl groups excluding tert-OH is 1. The third-order valence-corrected chi connectivity index (χ3v) is 4.39. The predicted octanol–water partition coefficient (Wildman–Crippen LogP) is 3.77. The van der Waals surface area contributed by atoms with E-state index in [4.69, 9.17) is 4.74 Å². The molecule has 1 saturated heterocycles. The van der Waals surface area contributed by atoms with E-state index in [0.29, 0.717) is 0 Å². The van der Waals surface area contributed by atoms with E-state index in [0.717, 1.165) is 24.4 Å². The molecule has 1 atom stereocenters. The molecule has 0 aliphatic carbocycles. The summed E-state index contributed by atoms with van der Waals surface area (Å²) in [4.78, 5) is 2.41. The first kappa shape index (κ1) is 16.3. The second kappa shape index (κ2) is 6.80. The van der Waals surface area contributed by atoms with Crippen LogP contribution in [-0.4, -0.2) is 34.7 Å². The van der Waals surface area contributed by atoms with E-state index in [1.165, 1.54) is 19.3 Å². The highest BCUT2D eigenvalue weighted by Gasteiger charge is 2.35. The lowest BCUT2D eigenvalue weighted by Crippen LogP contribution is -2.50. The van der Waals surface area contributed by atoms with E-state index in [-0.39, 0.29) is 11.6 Å². The Morgan fingerprint density at radius 1 is 1.14 bits per heavy atom. The van der Waals surface area contributed by atoms with Crippen LogP contribution in [0.3, 0.4) is 0 Å². The van der Waals surface area contributed by atoms with E-state index >= 15 is 0 Å². The Hall–Kier alpha value is -1.06. The SMILES string of the molecule is CC(C)Oc1cccc(C(O)C(C)(C)N2CCCCC2)c1. The second-order valence-corrected chi connectivity index (χ2v) is 6.84. The van der Waals surface area contributed by atoms with E-state index < -0.39 is 6.10 Å². The molecule has 118 valence electrons. The average Bonchev–Trinajstić information content (AvgIpc) is 2.47. The molecule has 1 aliphatic rings. The van der Waals surface area contributed by atoms with Gasteiger partial charge in [-0.1, -0.05) is 18.6 Å². The molecule has 1 fully saturated rings. The third-order valence-electron chi connectivity index (χ3n) is 4.39. The average molecular weight is 291 g/mol. The Kier molecular flexibility index (Phi) is 5.28. The van der Waals surface area contributed by atoms with Crippen molar-refractivity contribution in [3.05, 3.63) is 29.8 Å². The van der Waals surface area contributed by atoms with Gasteiger partial charge in [0, 0.05) is 5.54 Å². The first-order valence-electron chi connectivity index (χ1n) is 8.11. The molecule has 1 aromatic carbocycles. The molecule has 0 bridgehead atoms. The monoisotopic (exact) mass is 291 g/mol. The maximum Gasteiger partial charge on any atom is 0.120 e. The van der Waals surface area contributed by atoms with Gasteiger partial charge in [-0.2, -0.15) is 0 Å². The molecule has 1 aliphatic heterocycles. The van der Waals surface area contributed by atoms with Crippen molar-refractivity contribution >= 4 is 0 Å². The fraction of sp³-hybridized carbons (Fsp3) is 0.667. The topological polar surface area (TPSA) is 32.7 Å². The highest BCUT2D eigenvalue weighted by Crippen LogP contribution is 2.34. The van der Waals surface area contributed by atoms with Gasteiger partial charge in [-0.05, 0) is 71.3 Å². The molecule has 1 heterocycles. The number of hydrogen-bond donors (Lipinski definition) is 1. The number of nitrogens with zero attached hydrogens (tertiary/aromatic N) is 1. The predicted molar refractivity (Wildman–Crippen MR) is 86.7 cm³/mol. The first-order chi connectivity index (χ1) is 9.91. The van der Waals surface area contributed by atoms with Crippen molar-refractivity contribution < 1.29 is 9.84 Å². The summed E-state index contributed by atoms with van der Waals surface area (Å²) < 4.78 is 5.74. The van der Waals surface area contributed by atoms with Crippen molar-refractivity contribution in [1.82, 2.24) is 4.90 Å². The molecule has 0 amide bonds. The maximum atomic E-state index is 10.9. The largest absolute Gasteiger partial charge is 0.491 e. The molecule has 1 N–H and O–H groups in total. The van der Waals surface area contributed by atoms with Crippen LogP contribution in [0.5, 0.6) is 5.75 Å². The van der Waals surface area contributed by atoms with Crippen LogP contribution in [-0.2, 0) is 0 Å². The number of benzene rings is 1. The molecule has 21 heavy (non-hydrogen) atoms. The fourth-order valence-electron chi connectivity index (χ4n) is 3.08. The van der Waals surface area contributed by atoms with E-state index in [9.17, 15) is 5.11 Å². The number of hydrogen-bond acceptors (Lipinski definition) is 3. The zero-order valence-corrected chi connectivity index (χ0v) is 13.8. The molecule has 0 saturated carbocycles. The standard InChI is InChI=1S/C18H29NO2/c1-14(2)21-16-10-8-9-15(13-16)17(20)18(3,4)19-11-6-5-7-12-19/h8-10,13-14,17,20H,5-7,11-12H2,1-4H3. The highest BCUT2D eigenvalue weighted by atomic mass is 16.5. The van der Waals surface area contributed by atoms with Crippen molar-refractivity contribution in [2.75, 3.05) is 13.1 Å². The summed E-state index contributed by atoms with van der Waals surface area (Å²) in [7, 11) is 0. The lowest BCUT2D eigenvalue weighted by Gasteiger charge is -2.44. The number of aliphatic hydroxyl groups is 1. The molecule has 1 unspecified atom stereocenters. The molecule has 0 radical (unpaired) electrons. The minimum absolute atomic E-state index is 0.146. The fourth-order valence-corrected chi connectivity index (χ4v) is 3.08. The zero-order chi connectivity index (χ0) is 15.5. The van der Waals surface area contributed by atoms with E-state index in [2.05, 4.69) is 18.7 Å². The lowest BCUT2D eigenvalue weighted by molar-refractivity contribution is -0.0210. The van der Waals surface area contributed by atoms with Crippen LogP contribution < -0.4 is 4.74 Å². The summed E-state index contributed by atoms with van der Waals surface area (Å²) in [5, 5.41) is 10.9. The zero-order valence-electron chi connectivity index (χ0n) is 13.8. The van der Waals surface area contributed by atoms with Gasteiger partial charge in [-0.25, -0.2) is 0 Å². The van der Waals surface area contributed by atoms with Gasteiger partial charge >= 0.3 is 0 Å². The van der Waals surface area contributed by atoms with Crippen LogP contribution in [0.1, 0.15) is 58.6 Å². The summed E-state index contributed by atoms with van der Waals surface area (Å²) in [5.74, 6) is 0.830. The van der Waals surface area contributed by atoms with Gasteiger partial charge in [0.1, 0.15) is 5.75 Å². The van der Waals surface area contributed by atoms with Crippen molar-refractivity contribution in [1.29, 1.82) is 0 Å². The van der Waals surface area contributed by atoms with E-state index in [1.807, 2.05) is 38.1 Å². The minimum atomic E-state index is -0.508. The van der Waals surface area contributed by atoms with Gasteiger partial charge in [0.2, 0.25) is 0 Å². The Bertz CT molecular complexity index is 450. The van der Waals surface area contributed by atoms with Crippen LogP contribution >= 0.6 is 0 Å². The second-order valence-electron chi connectivity index (χ2n) is 6.84. The van der Waals surface area contributed by atoms with Crippen LogP contribution in [0, 0.1) is 0 Å². The van der Waals surface area contributed by atoms with Gasteiger partial charge in [-0.3, -0.25) is 4.90 Å². The smallest absolute Gasteiger partial charge is 0.120 e. The van der Waals surface area contributed by atoms with Crippen LogP contribution in [0.15, 0.2) is 24.3 Å². The summed E-state index contributed by atoms with van der Waals surface area (Å²) >= 11 is 0. The number of ether oxygens (including phenoxy) is 1. The molecule has 3 heteroatoms. The van der Waals surface area contributed by atoms with Gasteiger partial charge in [0.25, 0.3) is 0 Å². The third kappa shape index (κ3) is 3.98. The van der Waals surface area contributed by atoms with Crippen LogP contribution in [0.4, 0.5) is 0 Å². The van der Waals surface area contributed by atoms with Crippen LogP contribution in [0.2, 0.25) is 0 Å². The summed E-state index contributed by atoms with van der Waals surface area (Å²) in [6, 6.07) is 7.87. The molecule has 0 spiro atoms. The van der Waals surface area contributed by atoms with Crippen LogP contribution in [0.25, 0.3) is 0 Å². The minimum Gasteiger partial charge on any atom is -0.491 e. The molecule has 0 aromatic heterocycles. The van der Waals surface area contributed by atoms with Gasteiger partial charge in [0.15, 0.2) is 0 Å². The Balaban J connectivity index is 2.15. The van der Waals surface area contributed by atoms with Crippen molar-refractivity contribution in [3.8, 4) is 5.75 Å². The molecule has 3 nitrogen and oxygen atoms in total. The number of likely N-dealkylation sites (tertiary alicyclic amines) is 1. The summed E-state index contributed by atoms with van der Waals surface area (Å²) in [5.41, 5.74) is 0.681. The lowest BCUT2D eigenvalue weighted by atomic mass is 9.88. The van der Waals surface area contributed by atoms with Gasteiger partial charge in [0.05, 0.1) is 12.2 Å². The maximum absolute atomic E-state index is 10.9. The Labute approximate surface area is 128 Å². The normalized spacial score (nSPS) is 18.8. The quantitative estimate of drug-likeness (QED) is 0.896. The molecule has 2 rings (SSSR count). The van der Waals surface area contributed by atoms with Gasteiger partial charge < -0.3 is 9.84 Å². The van der Waals surface area contributed by atoms with E-state index in [1.54, 1.807) is 0 Å². The molecule has 1 aromatic rings. The Morgan fingerprint density at radius 3 is 2.43 bits per heavy atom. The molecular weight excluding hydrogens is 262 g/mol. The summed E-state index contributed by atoms with van der Waals surface area (Å²) in [6.45, 7) is 10.5. The van der Waals surface area contributed by atoms with Crippen molar-refractivity contribution in [2.24, 2.45) is 0 Å². The summed E-state index contributed by atoms with van der Waals surface area (Å²) in [6.07, 6.45) is 3.40. The van der Waals surface area contributed by atoms with Crippen molar-refractivity contribution in [3.63, 3.8) is 0 Å². The van der Waals surface area contributed by atoms with Gasteiger partial charge in [-0.15, -0.1) is 0 Å². The van der Waals surface area contributed by atoms with Crippen molar-refractivity contribution in [2.45, 2.75) is 64.7 Å². The number of rotatable bonds is 5. The number of piperidine rings is 1. The Morgan fingerprint density at radius 2 is 1.81 bits per heavy atom. The molecular formula is C18H29NO2. The highest BCUT2D eigenvalue weighted by molar-refractivity contribution is 5.31. The first-order valence-corrected chi connectivity index (χ1v) is 8.11.